The van der Waals surface area contributed by atoms with Crippen molar-refractivity contribution in [2.75, 3.05) is 11.5 Å². The molecule has 0 aromatic carbocycles. The Kier molecular flexibility index (Phi) is 3.06. The molecule has 0 unspecified atom stereocenters. The first-order valence-electron chi connectivity index (χ1n) is 5.94. The number of amides is 1. The summed E-state index contributed by atoms with van der Waals surface area (Å²) in [6.07, 6.45) is -0.372. The number of anilines is 1. The number of hydrogen-bond acceptors (Lipinski definition) is 5. The number of halogens is 1. The largest absolute Gasteiger partial charge is 0.447 e. The smallest absolute Gasteiger partial charge is 0.415 e. The van der Waals surface area contributed by atoms with Crippen molar-refractivity contribution < 1.29 is 9.53 Å². The molecule has 5 nitrogen and oxygen atoms in total. The van der Waals surface area contributed by atoms with Gasteiger partial charge in [0.2, 0.25) is 5.28 Å². The second-order valence-electron chi connectivity index (χ2n) is 4.71. The highest BCUT2D eigenvalue weighted by Crippen LogP contribution is 2.34. The predicted octanol–water partition coefficient (Wildman–Crippen LogP) is 3.33. The molecule has 7 heteroatoms. The number of carbonyl (C=O) groups excluding carboxylic acids is 1. The van der Waals surface area contributed by atoms with Crippen molar-refractivity contribution in [2.24, 2.45) is 5.92 Å². The van der Waals surface area contributed by atoms with E-state index in [9.17, 15) is 4.79 Å². The first kappa shape index (κ1) is 12.6. The molecule has 1 saturated heterocycles. The van der Waals surface area contributed by atoms with E-state index in [0.717, 1.165) is 10.2 Å². The highest BCUT2D eigenvalue weighted by Gasteiger charge is 2.38. The summed E-state index contributed by atoms with van der Waals surface area (Å²) in [5.41, 5.74) is 0.752. The fraction of sp³-hybridized carbons (Fsp3) is 0.417. The van der Waals surface area contributed by atoms with Gasteiger partial charge in [-0.05, 0) is 29.0 Å². The maximum Gasteiger partial charge on any atom is 0.415 e. The molecule has 2 aromatic heterocycles. The van der Waals surface area contributed by atoms with Crippen LogP contribution in [0.25, 0.3) is 10.2 Å². The van der Waals surface area contributed by atoms with E-state index < -0.39 is 0 Å². The third-order valence-corrected chi connectivity index (χ3v) is 4.23. The Labute approximate surface area is 119 Å². The molecular weight excluding hydrogens is 286 g/mol. The van der Waals surface area contributed by atoms with Crippen molar-refractivity contribution in [1.29, 1.82) is 0 Å². The molecule has 100 valence electrons. The van der Waals surface area contributed by atoms with E-state index in [1.807, 2.05) is 25.3 Å². The van der Waals surface area contributed by atoms with E-state index in [0.29, 0.717) is 12.4 Å². The van der Waals surface area contributed by atoms with Crippen LogP contribution in [-0.4, -0.2) is 28.7 Å². The van der Waals surface area contributed by atoms with Crippen molar-refractivity contribution in [3.05, 3.63) is 16.7 Å². The van der Waals surface area contributed by atoms with Crippen LogP contribution in [0.3, 0.4) is 0 Å². The topological polar surface area (TPSA) is 55.3 Å². The third-order valence-electron chi connectivity index (χ3n) is 3.16. The molecule has 1 amide bonds. The Bertz CT molecular complexity index is 643. The lowest BCUT2D eigenvalue weighted by Crippen LogP contribution is -2.37. The number of fused-ring (bicyclic) bond motifs is 1. The van der Waals surface area contributed by atoms with Crippen molar-refractivity contribution in [3.63, 3.8) is 0 Å². The maximum atomic E-state index is 12.0. The average molecular weight is 298 g/mol. The normalized spacial score (nSPS) is 19.5. The van der Waals surface area contributed by atoms with Crippen LogP contribution in [0.2, 0.25) is 5.28 Å². The van der Waals surface area contributed by atoms with Crippen molar-refractivity contribution in [3.8, 4) is 0 Å². The monoisotopic (exact) mass is 297 g/mol. The molecule has 1 aliphatic heterocycles. The number of nitrogens with zero attached hydrogens (tertiary/aromatic N) is 3. The van der Waals surface area contributed by atoms with Crippen molar-refractivity contribution in [2.45, 2.75) is 19.9 Å². The van der Waals surface area contributed by atoms with Gasteiger partial charge < -0.3 is 4.74 Å². The molecule has 1 atom stereocenters. The van der Waals surface area contributed by atoms with Gasteiger partial charge in [0, 0.05) is 0 Å². The molecule has 0 N–H and O–H groups in total. The molecular formula is C12H12ClN3O2S. The van der Waals surface area contributed by atoms with Gasteiger partial charge in [-0.2, -0.15) is 4.98 Å². The lowest BCUT2D eigenvalue weighted by Gasteiger charge is -2.23. The molecule has 0 saturated carbocycles. The maximum absolute atomic E-state index is 12.0. The quantitative estimate of drug-likeness (QED) is 0.798. The highest BCUT2D eigenvalue weighted by atomic mass is 35.5. The summed E-state index contributed by atoms with van der Waals surface area (Å²) < 4.78 is 6.00. The van der Waals surface area contributed by atoms with Gasteiger partial charge in [-0.3, -0.25) is 4.90 Å². The SMILES string of the molecule is CC(C)[C@H]1COC(=O)N1c1nc(Cl)nc2ccsc12. The molecule has 0 radical (unpaired) electrons. The van der Waals surface area contributed by atoms with Gasteiger partial charge in [0.15, 0.2) is 5.82 Å². The van der Waals surface area contributed by atoms with Crippen LogP contribution in [-0.2, 0) is 4.74 Å². The van der Waals surface area contributed by atoms with E-state index in [4.69, 9.17) is 16.3 Å². The van der Waals surface area contributed by atoms with Crippen molar-refractivity contribution >= 4 is 45.1 Å². The molecule has 19 heavy (non-hydrogen) atoms. The number of hydrogen-bond donors (Lipinski definition) is 0. The van der Waals surface area contributed by atoms with Crippen LogP contribution in [0.5, 0.6) is 0 Å². The number of cyclic esters (lactones) is 1. The molecule has 1 aliphatic rings. The summed E-state index contributed by atoms with van der Waals surface area (Å²) in [5.74, 6) is 0.821. The summed E-state index contributed by atoms with van der Waals surface area (Å²) in [7, 11) is 0. The standard InChI is InChI=1S/C12H12ClN3O2S/c1-6(2)8-5-18-12(17)16(8)10-9-7(3-4-19-9)14-11(13)15-10/h3-4,6,8H,5H2,1-2H3/t8-/m1/s1. The fourth-order valence-electron chi connectivity index (χ4n) is 2.15. The van der Waals surface area contributed by atoms with E-state index in [2.05, 4.69) is 9.97 Å². The first-order chi connectivity index (χ1) is 9.08. The molecule has 3 rings (SSSR count). The Morgan fingerprint density at radius 2 is 2.32 bits per heavy atom. The predicted molar refractivity (Wildman–Crippen MR) is 74.9 cm³/mol. The number of aromatic nitrogens is 2. The van der Waals surface area contributed by atoms with Gasteiger partial charge in [0.25, 0.3) is 0 Å². The number of ether oxygens (including phenoxy) is 1. The molecule has 3 heterocycles. The highest BCUT2D eigenvalue weighted by molar-refractivity contribution is 7.17. The molecule has 0 bridgehead atoms. The number of rotatable bonds is 2. The van der Waals surface area contributed by atoms with E-state index in [-0.39, 0.29) is 23.3 Å². The lowest BCUT2D eigenvalue weighted by molar-refractivity contribution is 0.177. The van der Waals surface area contributed by atoms with Gasteiger partial charge in [-0.25, -0.2) is 9.78 Å². The minimum Gasteiger partial charge on any atom is -0.447 e. The van der Waals surface area contributed by atoms with Gasteiger partial charge in [-0.15, -0.1) is 11.3 Å². The molecule has 1 fully saturated rings. The van der Waals surface area contributed by atoms with Gasteiger partial charge in [0.1, 0.15) is 6.61 Å². The Morgan fingerprint density at radius 1 is 1.53 bits per heavy atom. The Morgan fingerprint density at radius 3 is 3.05 bits per heavy atom. The average Bonchev–Trinajstić information content (AvgIpc) is 2.94. The second-order valence-corrected chi connectivity index (χ2v) is 5.96. The van der Waals surface area contributed by atoms with Gasteiger partial charge >= 0.3 is 6.09 Å². The summed E-state index contributed by atoms with van der Waals surface area (Å²) >= 11 is 7.43. The zero-order valence-corrected chi connectivity index (χ0v) is 12.0. The van der Waals surface area contributed by atoms with Crippen molar-refractivity contribution in [1.82, 2.24) is 9.97 Å². The second kappa shape index (κ2) is 4.61. The van der Waals surface area contributed by atoms with Crippen LogP contribution in [0.15, 0.2) is 11.4 Å². The zero-order valence-electron chi connectivity index (χ0n) is 10.5. The minimum absolute atomic E-state index is 0.0243. The zero-order chi connectivity index (χ0) is 13.6. The van der Waals surface area contributed by atoms with Crippen LogP contribution in [0, 0.1) is 5.92 Å². The summed E-state index contributed by atoms with van der Waals surface area (Å²) in [4.78, 5) is 21.9. The molecule has 0 spiro atoms. The summed E-state index contributed by atoms with van der Waals surface area (Å²) in [5, 5.41) is 2.05. The Balaban J connectivity index is 2.17. The van der Waals surface area contributed by atoms with E-state index >= 15 is 0 Å². The van der Waals surface area contributed by atoms with Crippen LogP contribution in [0.4, 0.5) is 10.6 Å². The van der Waals surface area contributed by atoms with Crippen LogP contribution in [0.1, 0.15) is 13.8 Å². The van der Waals surface area contributed by atoms with E-state index in [1.165, 1.54) is 11.3 Å². The molecule has 2 aromatic rings. The third kappa shape index (κ3) is 2.04. The summed E-state index contributed by atoms with van der Waals surface area (Å²) in [6, 6.07) is 1.84. The summed E-state index contributed by atoms with van der Waals surface area (Å²) in [6.45, 7) is 4.48. The van der Waals surface area contributed by atoms with Gasteiger partial charge in [-0.1, -0.05) is 13.8 Å². The first-order valence-corrected chi connectivity index (χ1v) is 7.20. The number of thiophene rings is 1. The fourth-order valence-corrected chi connectivity index (χ4v) is 3.14. The Hall–Kier alpha value is -1.40. The van der Waals surface area contributed by atoms with Crippen LogP contribution >= 0.6 is 22.9 Å². The van der Waals surface area contributed by atoms with E-state index in [1.54, 1.807) is 4.90 Å². The number of carbonyl (C=O) groups is 1. The lowest BCUT2D eigenvalue weighted by atomic mass is 10.0. The minimum atomic E-state index is -0.372. The van der Waals surface area contributed by atoms with Gasteiger partial charge in [0.05, 0.1) is 16.3 Å². The molecule has 0 aliphatic carbocycles. The van der Waals surface area contributed by atoms with Crippen LogP contribution < -0.4 is 4.90 Å².